The van der Waals surface area contributed by atoms with Crippen LogP contribution in [0.3, 0.4) is 0 Å². The Bertz CT molecular complexity index is 1620. The molecule has 6 nitrogen and oxygen atoms in total. The number of rotatable bonds is 6. The summed E-state index contributed by atoms with van der Waals surface area (Å²) in [6.07, 6.45) is -4.99. The molecule has 0 aromatic heterocycles. The number of alkyl halides is 5. The van der Waals surface area contributed by atoms with Crippen LogP contribution in [0.2, 0.25) is 5.02 Å². The second kappa shape index (κ2) is 11.3. The molecule has 0 saturated heterocycles. The Morgan fingerprint density at radius 1 is 0.929 bits per heavy atom. The molecular weight excluding hydrogens is 635 g/mol. The van der Waals surface area contributed by atoms with Crippen LogP contribution in [-0.2, 0) is 15.8 Å². The van der Waals surface area contributed by atoms with Gasteiger partial charge in [0.15, 0.2) is 5.82 Å². The molecule has 3 amide bonds. The van der Waals surface area contributed by atoms with Crippen LogP contribution < -0.4 is 15.5 Å². The Labute approximate surface area is 249 Å². The van der Waals surface area contributed by atoms with Crippen molar-refractivity contribution in [1.29, 1.82) is 0 Å². The van der Waals surface area contributed by atoms with Crippen molar-refractivity contribution in [1.82, 2.24) is 0 Å². The Balaban J connectivity index is 1.57. The number of hydrogen-bond donors (Lipinski definition) is 2. The third kappa shape index (κ3) is 6.02. The zero-order chi connectivity index (χ0) is 31.3. The fraction of sp³-hybridized carbons (Fsp3) is 0.222. The highest BCUT2D eigenvalue weighted by Gasteiger charge is 2.67. The molecule has 42 heavy (non-hydrogen) atoms. The largest absolute Gasteiger partial charge is 0.419 e. The third-order valence-corrected chi connectivity index (χ3v) is 7.76. The first kappa shape index (κ1) is 31.5. The van der Waals surface area contributed by atoms with Crippen LogP contribution >= 0.6 is 34.8 Å². The Morgan fingerprint density at radius 3 is 2.19 bits per heavy atom. The number of amides is 3. The van der Waals surface area contributed by atoms with Gasteiger partial charge in [-0.25, -0.2) is 13.2 Å². The third-order valence-electron chi connectivity index (χ3n) is 6.49. The summed E-state index contributed by atoms with van der Waals surface area (Å²) in [5.74, 6) is -8.60. The molecule has 4 rings (SSSR count). The van der Waals surface area contributed by atoms with E-state index in [1.165, 1.54) is 19.2 Å². The average molecular weight is 653 g/mol. The molecule has 1 saturated carbocycles. The second-order valence-electron chi connectivity index (χ2n) is 9.35. The molecule has 0 spiro atoms. The van der Waals surface area contributed by atoms with Crippen LogP contribution in [-0.4, -0.2) is 29.1 Å². The summed E-state index contributed by atoms with van der Waals surface area (Å²) in [5.41, 5.74) is -3.03. The average Bonchev–Trinajstić information content (AvgIpc) is 3.48. The lowest BCUT2D eigenvalue weighted by Crippen LogP contribution is -2.28. The van der Waals surface area contributed by atoms with E-state index in [1.807, 2.05) is 5.32 Å². The number of benzene rings is 3. The second-order valence-corrected chi connectivity index (χ2v) is 11.2. The predicted octanol–water partition coefficient (Wildman–Crippen LogP) is 7.54. The van der Waals surface area contributed by atoms with Gasteiger partial charge in [0, 0.05) is 25.6 Å². The van der Waals surface area contributed by atoms with E-state index in [0.717, 1.165) is 36.1 Å². The number of nitrogens with one attached hydrogen (secondary N) is 2. The van der Waals surface area contributed by atoms with Crippen LogP contribution in [0.5, 0.6) is 0 Å². The number of carbonyl (C=O) groups is 3. The highest BCUT2D eigenvalue weighted by atomic mass is 35.5. The maximum Gasteiger partial charge on any atom is 0.419 e. The van der Waals surface area contributed by atoms with Crippen molar-refractivity contribution < 1.29 is 40.7 Å². The number of halogens is 9. The van der Waals surface area contributed by atoms with Gasteiger partial charge in [-0.2, -0.15) is 13.2 Å². The molecule has 1 unspecified atom stereocenters. The van der Waals surface area contributed by atoms with Crippen molar-refractivity contribution in [3.05, 3.63) is 87.7 Å². The van der Waals surface area contributed by atoms with E-state index >= 15 is 0 Å². The fourth-order valence-corrected chi connectivity index (χ4v) is 5.42. The number of hydrogen-bond acceptors (Lipinski definition) is 3. The van der Waals surface area contributed by atoms with Crippen LogP contribution in [0, 0.1) is 23.4 Å². The topological polar surface area (TPSA) is 78.5 Å². The fourth-order valence-electron chi connectivity index (χ4n) is 4.39. The van der Waals surface area contributed by atoms with Crippen LogP contribution in [0.1, 0.15) is 34.3 Å². The van der Waals surface area contributed by atoms with E-state index in [-0.39, 0.29) is 21.8 Å². The molecular formula is C27H18Cl3F6N3O3. The molecule has 15 heteroatoms. The summed E-state index contributed by atoms with van der Waals surface area (Å²) in [6, 6.07) is 7.71. The summed E-state index contributed by atoms with van der Waals surface area (Å²) in [4.78, 5) is 38.4. The molecule has 0 bridgehead atoms. The number of anilines is 3. The van der Waals surface area contributed by atoms with Crippen molar-refractivity contribution in [3.8, 4) is 0 Å². The van der Waals surface area contributed by atoms with Gasteiger partial charge in [0.2, 0.25) is 11.8 Å². The van der Waals surface area contributed by atoms with Crippen molar-refractivity contribution >= 4 is 69.6 Å². The normalized spacial score (nSPS) is 17.4. The van der Waals surface area contributed by atoms with E-state index in [2.05, 4.69) is 5.32 Å². The maximum atomic E-state index is 15.0. The molecule has 1 fully saturated rings. The summed E-state index contributed by atoms with van der Waals surface area (Å²) >= 11 is 18.6. The van der Waals surface area contributed by atoms with Gasteiger partial charge < -0.3 is 15.5 Å². The minimum Gasteiger partial charge on any atom is -0.326 e. The van der Waals surface area contributed by atoms with E-state index in [0.29, 0.717) is 12.1 Å². The summed E-state index contributed by atoms with van der Waals surface area (Å²) in [6.45, 7) is 1.04. The van der Waals surface area contributed by atoms with Gasteiger partial charge in [-0.15, -0.1) is 23.2 Å². The summed E-state index contributed by atoms with van der Waals surface area (Å²) < 4.78 is 80.5. The first-order chi connectivity index (χ1) is 19.4. The molecule has 2 atom stereocenters. The van der Waals surface area contributed by atoms with Crippen LogP contribution in [0.4, 0.5) is 43.4 Å². The zero-order valence-corrected chi connectivity index (χ0v) is 23.6. The molecule has 222 valence electrons. The zero-order valence-electron chi connectivity index (χ0n) is 21.3. The van der Waals surface area contributed by atoms with Gasteiger partial charge in [0.25, 0.3) is 5.91 Å². The SMILES string of the molecule is CC(=O)Nc1c(F)ccc(N(C)C(=O)c2cc(NC(=O)C3[C@H](c4ccc(F)c(C(F)(F)F)c4)C3(Cl)Cl)ccc2Cl)c1F. The van der Waals surface area contributed by atoms with E-state index in [9.17, 15) is 40.7 Å². The molecule has 0 aliphatic heterocycles. The minimum atomic E-state index is -4.99. The molecule has 0 radical (unpaired) electrons. The first-order valence-electron chi connectivity index (χ1n) is 11.8. The van der Waals surface area contributed by atoms with Crippen LogP contribution in [0.15, 0.2) is 48.5 Å². The maximum absolute atomic E-state index is 15.0. The Hall–Kier alpha value is -3.48. The number of nitrogens with zero attached hydrogens (tertiary/aromatic N) is 1. The molecule has 0 heterocycles. The van der Waals surface area contributed by atoms with Gasteiger partial charge in [-0.05, 0) is 48.0 Å². The summed E-state index contributed by atoms with van der Waals surface area (Å²) in [7, 11) is 1.17. The lowest BCUT2D eigenvalue weighted by atomic mass is 10.0. The van der Waals surface area contributed by atoms with E-state index < -0.39 is 74.5 Å². The minimum absolute atomic E-state index is 0.00420. The van der Waals surface area contributed by atoms with Crippen molar-refractivity contribution in [2.45, 2.75) is 23.4 Å². The van der Waals surface area contributed by atoms with Gasteiger partial charge in [-0.1, -0.05) is 17.7 Å². The quantitative estimate of drug-likeness (QED) is 0.213. The smallest absolute Gasteiger partial charge is 0.326 e. The van der Waals surface area contributed by atoms with E-state index in [1.54, 1.807) is 0 Å². The molecule has 1 aliphatic carbocycles. The van der Waals surface area contributed by atoms with Crippen molar-refractivity contribution in [3.63, 3.8) is 0 Å². The Morgan fingerprint density at radius 2 is 1.57 bits per heavy atom. The van der Waals surface area contributed by atoms with E-state index in [4.69, 9.17) is 34.8 Å². The monoisotopic (exact) mass is 651 g/mol. The van der Waals surface area contributed by atoms with Gasteiger partial charge >= 0.3 is 6.18 Å². The molecule has 3 aromatic rings. The highest BCUT2D eigenvalue weighted by Crippen LogP contribution is 2.65. The molecule has 1 aliphatic rings. The van der Waals surface area contributed by atoms with Gasteiger partial charge in [0.1, 0.15) is 21.7 Å². The lowest BCUT2D eigenvalue weighted by molar-refractivity contribution is -0.140. The van der Waals surface area contributed by atoms with Gasteiger partial charge in [-0.3, -0.25) is 14.4 Å². The van der Waals surface area contributed by atoms with Crippen molar-refractivity contribution in [2.24, 2.45) is 5.92 Å². The lowest BCUT2D eigenvalue weighted by Gasteiger charge is -2.21. The molecule has 2 N–H and O–H groups in total. The van der Waals surface area contributed by atoms with Crippen LogP contribution in [0.25, 0.3) is 0 Å². The summed E-state index contributed by atoms with van der Waals surface area (Å²) in [5, 5.41) is 4.37. The Kier molecular flexibility index (Phi) is 8.47. The highest BCUT2D eigenvalue weighted by molar-refractivity contribution is 6.53. The molecule has 3 aromatic carbocycles. The predicted molar refractivity (Wildman–Crippen MR) is 146 cm³/mol. The van der Waals surface area contributed by atoms with Gasteiger partial charge in [0.05, 0.1) is 27.8 Å². The first-order valence-corrected chi connectivity index (χ1v) is 13.0. The standard InChI is InChI=1S/C27H18Cl3F6N3O3/c1-11(40)37-23-18(32)7-8-19(22(23)33)39(2)25(42)14-10-13(4-5-16(14)28)38-24(41)21-20(26(21,29)30)12-3-6-17(31)15(9-12)27(34,35)36/h3-10,20-21H,1-2H3,(H,37,40)(H,38,41)/t20-,21?/m0/s1. The number of carbonyl (C=O) groups excluding carboxylic acids is 3. The van der Waals surface area contributed by atoms with Crippen molar-refractivity contribution in [2.75, 3.05) is 22.6 Å².